The van der Waals surface area contributed by atoms with Crippen molar-refractivity contribution >= 4 is 35.6 Å². The number of unbranched alkanes of at least 4 members (excludes halogenated alkanes) is 1. The van der Waals surface area contributed by atoms with Crippen molar-refractivity contribution in [3.8, 4) is 0 Å². The first-order valence-corrected chi connectivity index (χ1v) is 15.1. The maximum Gasteiger partial charge on any atom is 0.315 e. The first kappa shape index (κ1) is 33.1. The lowest BCUT2D eigenvalue weighted by molar-refractivity contribution is -0.140. The average molecular weight is 575 g/mol. The van der Waals surface area contributed by atoms with Gasteiger partial charge in [-0.25, -0.2) is 4.79 Å². The van der Waals surface area contributed by atoms with E-state index in [1.165, 1.54) is 7.11 Å². The van der Waals surface area contributed by atoms with E-state index in [9.17, 15) is 19.2 Å². The molecule has 2 aliphatic rings. The second kappa shape index (κ2) is 20.8. The lowest BCUT2D eigenvalue weighted by Gasteiger charge is -2.16. The number of amides is 4. The summed E-state index contributed by atoms with van der Waals surface area (Å²) in [6, 6.07) is 0.418. The molecule has 0 spiro atoms. The fraction of sp³-hybridized carbons (Fsp3) is 0.846. The molecule has 0 aromatic rings. The molecule has 39 heavy (non-hydrogen) atoms. The highest BCUT2D eigenvalue weighted by Crippen LogP contribution is 2.33. The monoisotopic (exact) mass is 574 g/mol. The van der Waals surface area contributed by atoms with Crippen LogP contribution in [0, 0.1) is 0 Å². The number of hydrogen-bond acceptors (Lipinski definition) is 9. The van der Waals surface area contributed by atoms with Crippen LogP contribution >= 0.6 is 11.8 Å². The van der Waals surface area contributed by atoms with Crippen molar-refractivity contribution < 1.29 is 38.1 Å². The SMILES string of the molecule is COC(=O)CCCC(=O)NCCCOCCOCCOCCCNC(=O)CCCC[C@@H]1SCC2NC(=O)N[C@@H]21. The molecule has 12 nitrogen and oxygen atoms in total. The van der Waals surface area contributed by atoms with Crippen LogP contribution < -0.4 is 21.3 Å². The zero-order chi connectivity index (χ0) is 28.1. The largest absolute Gasteiger partial charge is 0.469 e. The second-order valence-electron chi connectivity index (χ2n) is 9.54. The van der Waals surface area contributed by atoms with Gasteiger partial charge in [0, 0.05) is 56.6 Å². The molecule has 2 aliphatic heterocycles. The summed E-state index contributed by atoms with van der Waals surface area (Å²) < 4.78 is 21.0. The number of carbonyl (C=O) groups excluding carboxylic acids is 4. The van der Waals surface area contributed by atoms with Gasteiger partial charge in [0.05, 0.1) is 45.6 Å². The molecule has 0 bridgehead atoms. The van der Waals surface area contributed by atoms with E-state index < -0.39 is 0 Å². The summed E-state index contributed by atoms with van der Waals surface area (Å²) in [6.45, 7) is 4.17. The Hall–Kier alpha value is -2.09. The zero-order valence-electron chi connectivity index (χ0n) is 23.1. The van der Waals surface area contributed by atoms with Crippen LogP contribution in [0.4, 0.5) is 4.79 Å². The highest BCUT2D eigenvalue weighted by Gasteiger charge is 2.42. The van der Waals surface area contributed by atoms with Crippen LogP contribution in [0.5, 0.6) is 0 Å². The molecule has 3 atom stereocenters. The van der Waals surface area contributed by atoms with E-state index in [-0.39, 0.29) is 42.3 Å². The normalized spacial score (nSPS) is 19.7. The molecule has 2 fully saturated rings. The number of fused-ring (bicyclic) bond motifs is 1. The summed E-state index contributed by atoms with van der Waals surface area (Å²) in [4.78, 5) is 46.0. The lowest BCUT2D eigenvalue weighted by atomic mass is 10.0. The van der Waals surface area contributed by atoms with Gasteiger partial charge < -0.3 is 40.2 Å². The fourth-order valence-corrected chi connectivity index (χ4v) is 5.84. The molecule has 2 heterocycles. The van der Waals surface area contributed by atoms with Crippen LogP contribution in [-0.2, 0) is 33.3 Å². The molecule has 13 heteroatoms. The predicted octanol–water partition coefficient (Wildman–Crippen LogP) is 1.12. The molecule has 0 saturated carbocycles. The van der Waals surface area contributed by atoms with Gasteiger partial charge in [-0.05, 0) is 32.1 Å². The van der Waals surface area contributed by atoms with E-state index >= 15 is 0 Å². The van der Waals surface area contributed by atoms with E-state index in [4.69, 9.17) is 14.2 Å². The number of carbonyl (C=O) groups is 4. The fourth-order valence-electron chi connectivity index (χ4n) is 4.29. The van der Waals surface area contributed by atoms with Gasteiger partial charge in [-0.15, -0.1) is 0 Å². The lowest BCUT2D eigenvalue weighted by Crippen LogP contribution is -2.36. The van der Waals surface area contributed by atoms with Crippen molar-refractivity contribution in [3.05, 3.63) is 0 Å². The number of methoxy groups -OCH3 is 1. The molecule has 2 rings (SSSR count). The van der Waals surface area contributed by atoms with E-state index in [0.29, 0.717) is 83.7 Å². The van der Waals surface area contributed by atoms with E-state index in [0.717, 1.165) is 31.4 Å². The van der Waals surface area contributed by atoms with Gasteiger partial charge in [0.15, 0.2) is 0 Å². The first-order valence-electron chi connectivity index (χ1n) is 14.0. The molecule has 1 unspecified atom stereocenters. The van der Waals surface area contributed by atoms with Crippen molar-refractivity contribution in [2.24, 2.45) is 0 Å². The van der Waals surface area contributed by atoms with Crippen LogP contribution in [-0.4, -0.2) is 107 Å². The van der Waals surface area contributed by atoms with Crippen LogP contribution in [0.2, 0.25) is 0 Å². The summed E-state index contributed by atoms with van der Waals surface area (Å²) in [5.41, 5.74) is 0. The zero-order valence-corrected chi connectivity index (χ0v) is 24.0. The van der Waals surface area contributed by atoms with E-state index in [2.05, 4.69) is 26.0 Å². The standard InChI is InChI=1S/C26H46N4O8S/c1-35-24(33)10-4-9-23(32)28-12-6-14-37-16-18-38-17-15-36-13-5-11-27-22(31)8-3-2-7-21-25-20(19-39-21)29-26(34)30-25/h20-21,25H,2-19H2,1H3,(H,27,31)(H,28,32)(H2,29,30,34)/t20?,21-,25-/m0/s1. The third kappa shape index (κ3) is 15.3. The summed E-state index contributed by atoms with van der Waals surface area (Å²) >= 11 is 1.90. The number of thioether (sulfide) groups is 1. The highest BCUT2D eigenvalue weighted by atomic mass is 32.2. The molecule has 2 saturated heterocycles. The van der Waals surface area contributed by atoms with Gasteiger partial charge in [0.25, 0.3) is 0 Å². The Kier molecular flexibility index (Phi) is 17.6. The Morgan fingerprint density at radius 1 is 0.795 bits per heavy atom. The molecular weight excluding hydrogens is 528 g/mol. The summed E-state index contributed by atoms with van der Waals surface area (Å²) in [6.07, 6.45) is 5.89. The van der Waals surface area contributed by atoms with Gasteiger partial charge in [-0.2, -0.15) is 11.8 Å². The predicted molar refractivity (Wildman–Crippen MR) is 148 cm³/mol. The number of hydrogen-bond donors (Lipinski definition) is 4. The average Bonchev–Trinajstić information content (AvgIpc) is 3.47. The maximum absolute atomic E-state index is 12.0. The number of ether oxygens (including phenoxy) is 4. The minimum absolute atomic E-state index is 0.0594. The van der Waals surface area contributed by atoms with Gasteiger partial charge >= 0.3 is 12.0 Å². The topological polar surface area (TPSA) is 153 Å². The van der Waals surface area contributed by atoms with Gasteiger partial charge in [0.2, 0.25) is 11.8 Å². The Balaban J connectivity index is 1.25. The van der Waals surface area contributed by atoms with Crippen molar-refractivity contribution in [1.82, 2.24) is 21.3 Å². The summed E-state index contributed by atoms with van der Waals surface area (Å²) in [7, 11) is 1.33. The van der Waals surface area contributed by atoms with Gasteiger partial charge in [-0.3, -0.25) is 14.4 Å². The minimum Gasteiger partial charge on any atom is -0.469 e. The summed E-state index contributed by atoms with van der Waals surface area (Å²) in [5.74, 6) is 0.656. The third-order valence-electron chi connectivity index (χ3n) is 6.41. The van der Waals surface area contributed by atoms with Crippen molar-refractivity contribution in [2.75, 3.05) is 65.6 Å². The van der Waals surface area contributed by atoms with Crippen molar-refractivity contribution in [3.63, 3.8) is 0 Å². The molecule has 4 N–H and O–H groups in total. The minimum atomic E-state index is -0.304. The molecule has 4 amide bonds. The Labute approximate surface area is 235 Å². The Morgan fingerprint density at radius 2 is 1.38 bits per heavy atom. The molecule has 0 aromatic heterocycles. The quantitative estimate of drug-likeness (QED) is 0.0799. The van der Waals surface area contributed by atoms with Crippen molar-refractivity contribution in [2.45, 2.75) is 75.1 Å². The highest BCUT2D eigenvalue weighted by molar-refractivity contribution is 8.00. The smallest absolute Gasteiger partial charge is 0.315 e. The van der Waals surface area contributed by atoms with E-state index in [1.54, 1.807) is 0 Å². The number of rotatable bonds is 23. The van der Waals surface area contributed by atoms with Gasteiger partial charge in [-0.1, -0.05) is 6.42 Å². The number of esters is 1. The maximum atomic E-state index is 12.0. The molecule has 0 radical (unpaired) electrons. The van der Waals surface area contributed by atoms with E-state index in [1.807, 2.05) is 11.8 Å². The third-order valence-corrected chi connectivity index (χ3v) is 7.92. The van der Waals surface area contributed by atoms with Crippen molar-refractivity contribution in [1.29, 1.82) is 0 Å². The molecule has 0 aliphatic carbocycles. The Bertz CT molecular complexity index is 745. The van der Waals surface area contributed by atoms with Crippen LogP contribution in [0.3, 0.4) is 0 Å². The van der Waals surface area contributed by atoms with Gasteiger partial charge in [0.1, 0.15) is 0 Å². The second-order valence-corrected chi connectivity index (χ2v) is 10.8. The number of urea groups is 1. The van der Waals surface area contributed by atoms with Crippen LogP contribution in [0.15, 0.2) is 0 Å². The molecular formula is C26H46N4O8S. The van der Waals surface area contributed by atoms with Crippen LogP contribution in [0.25, 0.3) is 0 Å². The molecule has 0 aromatic carbocycles. The molecule has 224 valence electrons. The number of nitrogens with one attached hydrogen (secondary N) is 4. The Morgan fingerprint density at radius 3 is 2.00 bits per heavy atom. The summed E-state index contributed by atoms with van der Waals surface area (Å²) in [5, 5.41) is 12.1. The first-order chi connectivity index (χ1) is 19.0. The van der Waals surface area contributed by atoms with Crippen LogP contribution in [0.1, 0.15) is 57.8 Å².